The Balaban J connectivity index is 2.77. The molecule has 0 bridgehead atoms. The van der Waals surface area contributed by atoms with Gasteiger partial charge in [-0.2, -0.15) is 0 Å². The van der Waals surface area contributed by atoms with E-state index >= 15 is 0 Å². The lowest BCUT2D eigenvalue weighted by atomic mass is 10.1. The van der Waals surface area contributed by atoms with Gasteiger partial charge in [0.1, 0.15) is 5.75 Å². The summed E-state index contributed by atoms with van der Waals surface area (Å²) in [6.45, 7) is 2.01. The van der Waals surface area contributed by atoms with Crippen LogP contribution in [0.15, 0.2) is 18.2 Å². The second kappa shape index (κ2) is 7.97. The zero-order chi connectivity index (χ0) is 12.5. The number of alkyl halides is 2. The van der Waals surface area contributed by atoms with Crippen LogP contribution in [0.25, 0.3) is 0 Å². The maximum Gasteiger partial charge on any atom is 0.134 e. The molecule has 1 nitrogen and oxygen atoms in total. The molecule has 0 saturated heterocycles. The third-order valence-corrected chi connectivity index (χ3v) is 2.30. The highest BCUT2D eigenvalue weighted by Gasteiger charge is 2.01. The van der Waals surface area contributed by atoms with Crippen molar-refractivity contribution >= 4 is 11.6 Å². The van der Waals surface area contributed by atoms with E-state index in [-0.39, 0.29) is 6.67 Å². The van der Waals surface area contributed by atoms with E-state index in [1.807, 2.05) is 25.1 Å². The number of hydrogen-bond donors (Lipinski definition) is 0. The summed E-state index contributed by atoms with van der Waals surface area (Å²) in [5.41, 5.74) is 1.96. The van der Waals surface area contributed by atoms with E-state index in [0.717, 1.165) is 11.1 Å². The number of halogens is 2. The van der Waals surface area contributed by atoms with Gasteiger partial charge in [0.2, 0.25) is 0 Å². The van der Waals surface area contributed by atoms with E-state index in [4.69, 9.17) is 16.3 Å². The highest BCUT2D eigenvalue weighted by molar-refractivity contribution is 6.18. The van der Waals surface area contributed by atoms with Crippen LogP contribution >= 0.6 is 11.6 Å². The first-order valence-corrected chi connectivity index (χ1v) is 6.15. The molecule has 0 unspecified atom stereocenters. The molecule has 1 aromatic carbocycles. The van der Waals surface area contributed by atoms with Crippen molar-refractivity contribution in [2.45, 2.75) is 19.8 Å². The van der Waals surface area contributed by atoms with Crippen molar-refractivity contribution < 1.29 is 9.13 Å². The van der Waals surface area contributed by atoms with Crippen LogP contribution in [0.3, 0.4) is 0 Å². The first-order chi connectivity index (χ1) is 8.27. The number of aryl methyl sites for hydroxylation is 1. The van der Waals surface area contributed by atoms with Crippen molar-refractivity contribution in [2.75, 3.05) is 19.2 Å². The Hall–Kier alpha value is -1.20. The van der Waals surface area contributed by atoms with Crippen molar-refractivity contribution in [1.82, 2.24) is 0 Å². The summed E-state index contributed by atoms with van der Waals surface area (Å²) in [5, 5.41) is 0. The van der Waals surface area contributed by atoms with Crippen LogP contribution in [0.4, 0.5) is 4.39 Å². The van der Waals surface area contributed by atoms with Crippen LogP contribution in [-0.2, 0) is 0 Å². The van der Waals surface area contributed by atoms with Crippen LogP contribution in [-0.4, -0.2) is 19.2 Å². The van der Waals surface area contributed by atoms with Gasteiger partial charge in [0.15, 0.2) is 0 Å². The van der Waals surface area contributed by atoms with Crippen LogP contribution in [0, 0.1) is 18.8 Å². The van der Waals surface area contributed by atoms with Crippen molar-refractivity contribution in [2.24, 2.45) is 0 Å². The minimum absolute atomic E-state index is 0.362. The Morgan fingerprint density at radius 3 is 2.94 bits per heavy atom. The lowest BCUT2D eigenvalue weighted by molar-refractivity contribution is 0.289. The summed E-state index contributed by atoms with van der Waals surface area (Å²) in [7, 11) is 0. The minimum Gasteiger partial charge on any atom is -0.492 e. The van der Waals surface area contributed by atoms with Gasteiger partial charge in [-0.05, 0) is 24.6 Å². The molecule has 0 saturated carbocycles. The van der Waals surface area contributed by atoms with Crippen LogP contribution in [0.2, 0.25) is 0 Å². The number of rotatable bonds is 5. The average molecular weight is 255 g/mol. The van der Waals surface area contributed by atoms with E-state index in [1.54, 1.807) is 0 Å². The molecule has 0 radical (unpaired) electrons. The van der Waals surface area contributed by atoms with Gasteiger partial charge in [-0.25, -0.2) is 0 Å². The molecule has 3 heteroatoms. The highest BCUT2D eigenvalue weighted by Crippen LogP contribution is 2.19. The molecule has 0 atom stereocenters. The summed E-state index contributed by atoms with van der Waals surface area (Å²) in [6.07, 6.45) is 1.06. The molecule has 0 N–H and O–H groups in total. The Bertz CT molecular complexity index is 406. The molecule has 0 aliphatic heterocycles. The van der Waals surface area contributed by atoms with Gasteiger partial charge in [0.05, 0.1) is 18.8 Å². The van der Waals surface area contributed by atoms with E-state index in [9.17, 15) is 4.39 Å². The Kier molecular flexibility index (Phi) is 6.50. The van der Waals surface area contributed by atoms with Gasteiger partial charge >= 0.3 is 0 Å². The third kappa shape index (κ3) is 5.10. The maximum atomic E-state index is 12.0. The zero-order valence-electron chi connectivity index (χ0n) is 9.93. The van der Waals surface area contributed by atoms with Crippen LogP contribution < -0.4 is 4.74 Å². The van der Waals surface area contributed by atoms with Gasteiger partial charge in [-0.15, -0.1) is 11.6 Å². The number of ether oxygens (including phenoxy) is 1. The highest BCUT2D eigenvalue weighted by atomic mass is 35.5. The van der Waals surface area contributed by atoms with Gasteiger partial charge in [0, 0.05) is 18.7 Å². The molecule has 0 spiro atoms. The molecule has 92 valence electrons. The predicted octanol–water partition coefficient (Wildman–Crippen LogP) is 3.71. The molecule has 1 aromatic rings. The summed E-state index contributed by atoms with van der Waals surface area (Å²) in [4.78, 5) is 0. The SMILES string of the molecule is Cc1ccc(OCCCF)c(C#CCCCl)c1. The monoisotopic (exact) mass is 254 g/mol. The molecule has 0 amide bonds. The summed E-state index contributed by atoms with van der Waals surface area (Å²) in [5.74, 6) is 7.24. The molecule has 0 aromatic heterocycles. The van der Waals surface area contributed by atoms with E-state index in [2.05, 4.69) is 11.8 Å². The van der Waals surface area contributed by atoms with Crippen molar-refractivity contribution in [3.05, 3.63) is 29.3 Å². The molecule has 0 aliphatic rings. The molecule has 1 rings (SSSR count). The second-order valence-electron chi connectivity index (χ2n) is 3.63. The lowest BCUT2D eigenvalue weighted by Crippen LogP contribution is -2.00. The molecule has 0 aliphatic carbocycles. The fourth-order valence-electron chi connectivity index (χ4n) is 1.31. The molecule has 0 heterocycles. The van der Waals surface area contributed by atoms with E-state index < -0.39 is 0 Å². The fraction of sp³-hybridized carbons (Fsp3) is 0.429. The minimum atomic E-state index is -0.362. The quantitative estimate of drug-likeness (QED) is 0.442. The summed E-state index contributed by atoms with van der Waals surface area (Å²) in [6, 6.07) is 5.79. The summed E-state index contributed by atoms with van der Waals surface area (Å²) < 4.78 is 17.5. The molecule has 17 heavy (non-hydrogen) atoms. The van der Waals surface area contributed by atoms with Crippen molar-refractivity contribution in [3.63, 3.8) is 0 Å². The van der Waals surface area contributed by atoms with Crippen molar-refractivity contribution in [3.8, 4) is 17.6 Å². The third-order valence-electron chi connectivity index (χ3n) is 2.11. The topological polar surface area (TPSA) is 9.23 Å². The van der Waals surface area contributed by atoms with Crippen LogP contribution in [0.1, 0.15) is 24.0 Å². The largest absolute Gasteiger partial charge is 0.492 e. The number of benzene rings is 1. The number of hydrogen-bond acceptors (Lipinski definition) is 1. The standard InChI is InChI=1S/C14H16ClFO/c1-12-6-7-14(17-10-4-9-16)13(11-12)5-2-3-8-15/h6-7,11H,3-4,8-10H2,1H3. The molecular weight excluding hydrogens is 239 g/mol. The van der Waals surface area contributed by atoms with E-state index in [1.165, 1.54) is 0 Å². The smallest absolute Gasteiger partial charge is 0.134 e. The average Bonchev–Trinajstić information content (AvgIpc) is 2.32. The molecular formula is C14H16ClFO. The first-order valence-electron chi connectivity index (χ1n) is 5.62. The second-order valence-corrected chi connectivity index (χ2v) is 4.01. The fourth-order valence-corrected chi connectivity index (χ4v) is 1.40. The zero-order valence-corrected chi connectivity index (χ0v) is 10.7. The van der Waals surface area contributed by atoms with Crippen molar-refractivity contribution in [1.29, 1.82) is 0 Å². The Morgan fingerprint density at radius 1 is 1.41 bits per heavy atom. The van der Waals surface area contributed by atoms with Gasteiger partial charge in [-0.3, -0.25) is 4.39 Å². The Labute approximate surface area is 107 Å². The predicted molar refractivity (Wildman–Crippen MR) is 69.5 cm³/mol. The van der Waals surface area contributed by atoms with Gasteiger partial charge < -0.3 is 4.74 Å². The molecule has 0 fully saturated rings. The van der Waals surface area contributed by atoms with Gasteiger partial charge in [-0.1, -0.05) is 17.9 Å². The summed E-state index contributed by atoms with van der Waals surface area (Å²) >= 11 is 5.57. The van der Waals surface area contributed by atoms with E-state index in [0.29, 0.717) is 31.1 Å². The van der Waals surface area contributed by atoms with Crippen LogP contribution in [0.5, 0.6) is 5.75 Å². The first kappa shape index (κ1) is 13.9. The Morgan fingerprint density at radius 2 is 2.24 bits per heavy atom. The lowest BCUT2D eigenvalue weighted by Gasteiger charge is -2.07. The van der Waals surface area contributed by atoms with Gasteiger partial charge in [0.25, 0.3) is 0 Å². The maximum absolute atomic E-state index is 12.0. The normalized spacial score (nSPS) is 9.59.